The standard InChI is InChI=1S/C12H16N2O4/c15-8-9-3-5-14(6-9)12(18)10-2-1-4-13(10)7-11(16)17/h1-2,4,9,15H,3,5-8H2,(H,16,17). The van der Waals surface area contributed by atoms with Gasteiger partial charge in [0.15, 0.2) is 0 Å². The second kappa shape index (κ2) is 5.22. The van der Waals surface area contributed by atoms with Gasteiger partial charge in [0.2, 0.25) is 0 Å². The van der Waals surface area contributed by atoms with Crippen LogP contribution in [0.2, 0.25) is 0 Å². The molecule has 98 valence electrons. The molecule has 1 aromatic heterocycles. The number of hydrogen-bond donors (Lipinski definition) is 2. The van der Waals surface area contributed by atoms with Crippen LogP contribution >= 0.6 is 0 Å². The van der Waals surface area contributed by atoms with E-state index >= 15 is 0 Å². The van der Waals surface area contributed by atoms with Crippen LogP contribution in [0.15, 0.2) is 18.3 Å². The Balaban J connectivity index is 2.09. The summed E-state index contributed by atoms with van der Waals surface area (Å²) in [4.78, 5) is 24.5. The quantitative estimate of drug-likeness (QED) is 0.791. The minimum atomic E-state index is -0.977. The van der Waals surface area contributed by atoms with Crippen molar-refractivity contribution >= 4 is 11.9 Å². The summed E-state index contributed by atoms with van der Waals surface area (Å²) in [7, 11) is 0. The van der Waals surface area contributed by atoms with E-state index in [4.69, 9.17) is 10.2 Å². The van der Waals surface area contributed by atoms with Crippen molar-refractivity contribution in [3.8, 4) is 0 Å². The summed E-state index contributed by atoms with van der Waals surface area (Å²) in [5.41, 5.74) is 0.385. The van der Waals surface area contributed by atoms with Crippen LogP contribution in [0.4, 0.5) is 0 Å². The molecule has 2 rings (SSSR count). The number of carbonyl (C=O) groups excluding carboxylic acids is 1. The van der Waals surface area contributed by atoms with Crippen molar-refractivity contribution in [2.45, 2.75) is 13.0 Å². The average molecular weight is 252 g/mol. The van der Waals surface area contributed by atoms with Crippen LogP contribution in [0, 0.1) is 5.92 Å². The van der Waals surface area contributed by atoms with Crippen molar-refractivity contribution in [1.82, 2.24) is 9.47 Å². The van der Waals surface area contributed by atoms with Crippen LogP contribution in [0.1, 0.15) is 16.9 Å². The number of carbonyl (C=O) groups is 2. The van der Waals surface area contributed by atoms with Gasteiger partial charge in [-0.15, -0.1) is 0 Å². The first-order valence-corrected chi connectivity index (χ1v) is 5.89. The molecule has 6 nitrogen and oxygen atoms in total. The number of rotatable bonds is 4. The van der Waals surface area contributed by atoms with E-state index in [-0.39, 0.29) is 25.0 Å². The minimum absolute atomic E-state index is 0.0833. The van der Waals surface area contributed by atoms with Crippen LogP contribution in [0.5, 0.6) is 0 Å². The lowest BCUT2D eigenvalue weighted by molar-refractivity contribution is -0.137. The zero-order valence-corrected chi connectivity index (χ0v) is 9.95. The fraction of sp³-hybridized carbons (Fsp3) is 0.500. The second-order valence-corrected chi connectivity index (χ2v) is 4.50. The Labute approximate surface area is 104 Å². The van der Waals surface area contributed by atoms with Crippen molar-refractivity contribution in [2.75, 3.05) is 19.7 Å². The fourth-order valence-electron chi connectivity index (χ4n) is 2.22. The maximum atomic E-state index is 12.2. The summed E-state index contributed by atoms with van der Waals surface area (Å²) in [6.07, 6.45) is 2.38. The Morgan fingerprint density at radius 3 is 2.83 bits per heavy atom. The SMILES string of the molecule is O=C(O)Cn1cccc1C(=O)N1CCC(CO)C1. The number of hydrogen-bond acceptors (Lipinski definition) is 3. The average Bonchev–Trinajstić information content (AvgIpc) is 2.95. The molecule has 0 radical (unpaired) electrons. The number of aromatic nitrogens is 1. The molecule has 0 spiro atoms. The predicted octanol–water partition coefficient (Wildman–Crippen LogP) is 0.0271. The lowest BCUT2D eigenvalue weighted by atomic mass is 10.1. The molecule has 2 heterocycles. The zero-order valence-electron chi connectivity index (χ0n) is 9.95. The molecule has 1 aliphatic heterocycles. The lowest BCUT2D eigenvalue weighted by Crippen LogP contribution is -2.31. The highest BCUT2D eigenvalue weighted by Crippen LogP contribution is 2.18. The largest absolute Gasteiger partial charge is 0.480 e. The van der Waals surface area contributed by atoms with Crippen LogP contribution in [-0.4, -0.2) is 51.3 Å². The van der Waals surface area contributed by atoms with E-state index in [9.17, 15) is 9.59 Å². The number of likely N-dealkylation sites (tertiary alicyclic amines) is 1. The smallest absolute Gasteiger partial charge is 0.323 e. The van der Waals surface area contributed by atoms with Gasteiger partial charge >= 0.3 is 5.97 Å². The Morgan fingerprint density at radius 2 is 2.22 bits per heavy atom. The maximum Gasteiger partial charge on any atom is 0.323 e. The number of carboxylic acid groups (broad SMARTS) is 1. The summed E-state index contributed by atoms with van der Waals surface area (Å²) < 4.78 is 1.43. The van der Waals surface area contributed by atoms with E-state index in [0.29, 0.717) is 18.8 Å². The number of aliphatic hydroxyl groups excluding tert-OH is 1. The highest BCUT2D eigenvalue weighted by atomic mass is 16.4. The summed E-state index contributed by atoms with van der Waals surface area (Å²) in [5.74, 6) is -1.01. The van der Waals surface area contributed by atoms with Crippen molar-refractivity contribution in [1.29, 1.82) is 0 Å². The highest BCUT2D eigenvalue weighted by molar-refractivity contribution is 5.93. The Morgan fingerprint density at radius 1 is 1.44 bits per heavy atom. The van der Waals surface area contributed by atoms with Gasteiger partial charge < -0.3 is 19.7 Å². The number of nitrogens with zero attached hydrogens (tertiary/aromatic N) is 2. The van der Waals surface area contributed by atoms with Crippen LogP contribution < -0.4 is 0 Å². The number of aliphatic carboxylic acids is 1. The van der Waals surface area contributed by atoms with E-state index in [1.165, 1.54) is 4.57 Å². The van der Waals surface area contributed by atoms with E-state index < -0.39 is 5.97 Å². The van der Waals surface area contributed by atoms with Crippen LogP contribution in [-0.2, 0) is 11.3 Å². The van der Waals surface area contributed by atoms with E-state index in [0.717, 1.165) is 6.42 Å². The molecule has 18 heavy (non-hydrogen) atoms. The first-order valence-electron chi connectivity index (χ1n) is 5.89. The van der Waals surface area contributed by atoms with E-state index in [1.807, 2.05) is 0 Å². The molecule has 6 heteroatoms. The van der Waals surface area contributed by atoms with Gasteiger partial charge in [-0.1, -0.05) is 0 Å². The van der Waals surface area contributed by atoms with Gasteiger partial charge in [0, 0.05) is 31.8 Å². The van der Waals surface area contributed by atoms with Gasteiger partial charge in [-0.3, -0.25) is 9.59 Å². The number of carboxylic acids is 1. The number of amides is 1. The summed E-state index contributed by atoms with van der Waals surface area (Å²) in [5, 5.41) is 17.8. The van der Waals surface area contributed by atoms with Crippen molar-refractivity contribution in [3.63, 3.8) is 0 Å². The molecule has 0 bridgehead atoms. The third-order valence-electron chi connectivity index (χ3n) is 3.19. The number of aliphatic hydroxyl groups is 1. The van der Waals surface area contributed by atoms with Gasteiger partial charge in [-0.25, -0.2) is 0 Å². The maximum absolute atomic E-state index is 12.2. The van der Waals surface area contributed by atoms with Gasteiger partial charge in [0.25, 0.3) is 5.91 Å². The van der Waals surface area contributed by atoms with E-state index in [2.05, 4.69) is 0 Å². The molecule has 2 N–H and O–H groups in total. The molecular formula is C12H16N2O4. The predicted molar refractivity (Wildman–Crippen MR) is 63.2 cm³/mol. The van der Waals surface area contributed by atoms with Crippen molar-refractivity contribution in [3.05, 3.63) is 24.0 Å². The van der Waals surface area contributed by atoms with Crippen LogP contribution in [0.25, 0.3) is 0 Å². The summed E-state index contributed by atoms with van der Waals surface area (Å²) in [6.45, 7) is 1.02. The zero-order chi connectivity index (χ0) is 13.1. The monoisotopic (exact) mass is 252 g/mol. The molecular weight excluding hydrogens is 236 g/mol. The first-order chi connectivity index (χ1) is 8.61. The van der Waals surface area contributed by atoms with Gasteiger partial charge in [-0.05, 0) is 18.6 Å². The second-order valence-electron chi connectivity index (χ2n) is 4.50. The molecule has 1 unspecified atom stereocenters. The summed E-state index contributed by atoms with van der Waals surface area (Å²) >= 11 is 0. The molecule has 0 aliphatic carbocycles. The minimum Gasteiger partial charge on any atom is -0.480 e. The highest BCUT2D eigenvalue weighted by Gasteiger charge is 2.27. The molecule has 1 saturated heterocycles. The molecule has 1 amide bonds. The third kappa shape index (κ3) is 2.53. The van der Waals surface area contributed by atoms with Gasteiger partial charge in [0.1, 0.15) is 12.2 Å². The first kappa shape index (κ1) is 12.6. The molecule has 0 aromatic carbocycles. The molecule has 0 saturated carbocycles. The van der Waals surface area contributed by atoms with Crippen molar-refractivity contribution in [2.24, 2.45) is 5.92 Å². The lowest BCUT2D eigenvalue weighted by Gasteiger charge is -2.17. The Hall–Kier alpha value is -1.82. The van der Waals surface area contributed by atoms with Gasteiger partial charge in [0.05, 0.1) is 0 Å². The molecule has 1 atom stereocenters. The fourth-order valence-corrected chi connectivity index (χ4v) is 2.22. The summed E-state index contributed by atoms with van der Waals surface area (Å²) in [6, 6.07) is 3.29. The Bertz CT molecular complexity index is 455. The molecule has 1 aromatic rings. The molecule has 1 aliphatic rings. The normalized spacial score (nSPS) is 19.2. The van der Waals surface area contributed by atoms with E-state index in [1.54, 1.807) is 23.2 Å². The Kier molecular flexibility index (Phi) is 3.66. The topological polar surface area (TPSA) is 82.8 Å². The van der Waals surface area contributed by atoms with Crippen LogP contribution in [0.3, 0.4) is 0 Å². The van der Waals surface area contributed by atoms with Gasteiger partial charge in [-0.2, -0.15) is 0 Å². The third-order valence-corrected chi connectivity index (χ3v) is 3.19. The molecule has 1 fully saturated rings. The van der Waals surface area contributed by atoms with Crippen molar-refractivity contribution < 1.29 is 19.8 Å².